The van der Waals surface area contributed by atoms with E-state index in [2.05, 4.69) is 64.9 Å². The fraction of sp³-hybridized carbons (Fsp3) is 0.615. The van der Waals surface area contributed by atoms with Crippen molar-refractivity contribution in [2.75, 3.05) is 21.3 Å². The van der Waals surface area contributed by atoms with Crippen molar-refractivity contribution in [3.63, 3.8) is 0 Å². The zero-order valence-electron chi connectivity index (χ0n) is 14.2. The summed E-state index contributed by atoms with van der Waals surface area (Å²) >= 11 is 7.39. The molecule has 0 bridgehead atoms. The van der Waals surface area contributed by atoms with Crippen LogP contribution in [0.2, 0.25) is 0 Å². The molecule has 0 aliphatic rings. The molecular formula is C13H22I3NO4PV. The van der Waals surface area contributed by atoms with E-state index in [1.54, 1.807) is 13.3 Å². The average molecular weight is 719 g/mol. The Kier molecular flexibility index (Phi) is 11.8. The quantitative estimate of drug-likeness (QED) is 0.273. The first-order valence-electron chi connectivity index (χ1n) is 6.48. The third-order valence-electron chi connectivity index (χ3n) is 3.49. The minimum absolute atomic E-state index is 0.278. The second-order valence-corrected chi connectivity index (χ2v) is 43.2. The molecule has 1 rings (SSSR count). The molecule has 134 valence electrons. The van der Waals surface area contributed by atoms with E-state index in [9.17, 15) is 4.57 Å². The Balaban J connectivity index is 0.00000108. The van der Waals surface area contributed by atoms with Crippen molar-refractivity contribution >= 4 is 67.5 Å². The number of aromatic nitrogens is 1. The van der Waals surface area contributed by atoms with Crippen LogP contribution in [0.3, 0.4) is 0 Å². The summed E-state index contributed by atoms with van der Waals surface area (Å²) in [6.45, 7) is 7.42. The average Bonchev–Trinajstić information content (AvgIpc) is 2.45. The van der Waals surface area contributed by atoms with Gasteiger partial charge in [0, 0.05) is 20.4 Å². The van der Waals surface area contributed by atoms with Crippen molar-refractivity contribution in [2.24, 2.45) is 0 Å². The zero-order chi connectivity index (χ0) is 18.4. The Morgan fingerprint density at radius 1 is 1.13 bits per heavy atom. The number of halogens is 3. The summed E-state index contributed by atoms with van der Waals surface area (Å²) in [6, 6.07) is 0. The number of aryl methyl sites for hydroxylation is 1. The molecule has 0 fully saturated rings. The van der Waals surface area contributed by atoms with Gasteiger partial charge in [-0.1, -0.05) is 0 Å². The SMILES string of the molecule is COc1c(C)ncc(C(C)(C)P(=O)(OC)OC)c1C.[I][V]([I])[I]. The Bertz CT molecular complexity index is 562. The molecule has 0 radical (unpaired) electrons. The van der Waals surface area contributed by atoms with Gasteiger partial charge in [0.15, 0.2) is 0 Å². The Hall–Kier alpha value is 1.87. The first kappa shape index (κ1) is 24.9. The van der Waals surface area contributed by atoms with Gasteiger partial charge in [-0.2, -0.15) is 0 Å². The van der Waals surface area contributed by atoms with Crippen LogP contribution in [0.5, 0.6) is 5.75 Å². The van der Waals surface area contributed by atoms with Gasteiger partial charge in [0.1, 0.15) is 5.75 Å². The topological polar surface area (TPSA) is 57.7 Å². The summed E-state index contributed by atoms with van der Waals surface area (Å²) in [6.07, 6.45) is 1.71. The molecule has 0 amide bonds. The van der Waals surface area contributed by atoms with Gasteiger partial charge >= 0.3 is 72.5 Å². The second kappa shape index (κ2) is 10.9. The van der Waals surface area contributed by atoms with Crippen molar-refractivity contribution in [2.45, 2.75) is 32.9 Å². The van der Waals surface area contributed by atoms with Crippen molar-refractivity contribution < 1.29 is 23.3 Å². The van der Waals surface area contributed by atoms with Crippen LogP contribution >= 0.6 is 67.5 Å². The molecule has 0 atom stereocenters. The van der Waals surface area contributed by atoms with Crippen molar-refractivity contribution in [1.29, 1.82) is 0 Å². The number of nitrogens with zero attached hydrogens (tertiary/aromatic N) is 1. The zero-order valence-corrected chi connectivity index (χ0v) is 22.9. The van der Waals surface area contributed by atoms with E-state index in [-0.39, 0.29) is 4.92 Å². The van der Waals surface area contributed by atoms with E-state index in [1.807, 2.05) is 27.7 Å². The third-order valence-corrected chi connectivity index (χ3v) is 6.06. The maximum absolute atomic E-state index is 12.7. The molecule has 0 N–H and O–H groups in total. The van der Waals surface area contributed by atoms with Gasteiger partial charge in [-0.25, -0.2) is 0 Å². The van der Waals surface area contributed by atoms with E-state index in [0.717, 1.165) is 16.8 Å². The molecule has 10 heteroatoms. The first-order valence-corrected chi connectivity index (χ1v) is 21.5. The van der Waals surface area contributed by atoms with Crippen LogP contribution in [-0.2, 0) is 23.7 Å². The predicted octanol–water partition coefficient (Wildman–Crippen LogP) is 6.08. The summed E-state index contributed by atoms with van der Waals surface area (Å²) in [4.78, 5) is 4.02. The summed E-state index contributed by atoms with van der Waals surface area (Å²) in [5.74, 6) is 0.698. The maximum atomic E-state index is 12.7. The summed E-state index contributed by atoms with van der Waals surface area (Å²) in [5.41, 5.74) is 2.49. The molecule has 1 aromatic heterocycles. The fourth-order valence-electron chi connectivity index (χ4n) is 2.31. The van der Waals surface area contributed by atoms with E-state index in [0.29, 0.717) is 5.75 Å². The van der Waals surface area contributed by atoms with Crippen LogP contribution in [-0.4, -0.2) is 26.3 Å². The molecule has 5 nitrogen and oxygen atoms in total. The minimum atomic E-state index is -3.27. The van der Waals surface area contributed by atoms with Gasteiger partial charge in [-0.15, -0.1) is 0 Å². The van der Waals surface area contributed by atoms with E-state index in [1.165, 1.54) is 14.2 Å². The van der Waals surface area contributed by atoms with Crippen LogP contribution in [0, 0.1) is 13.8 Å². The van der Waals surface area contributed by atoms with Gasteiger partial charge in [0.2, 0.25) is 0 Å². The van der Waals surface area contributed by atoms with Crippen molar-refractivity contribution in [3.8, 4) is 5.75 Å². The number of hydrogen-bond donors (Lipinski definition) is 0. The Labute approximate surface area is 176 Å². The van der Waals surface area contributed by atoms with Crippen LogP contribution in [0.1, 0.15) is 30.7 Å². The number of rotatable bonds is 5. The van der Waals surface area contributed by atoms with Crippen molar-refractivity contribution in [3.05, 3.63) is 23.0 Å². The molecule has 0 aliphatic carbocycles. The molecule has 0 spiro atoms. The predicted molar refractivity (Wildman–Crippen MR) is 117 cm³/mol. The molecule has 0 unspecified atom stereocenters. The van der Waals surface area contributed by atoms with Gasteiger partial charge in [-0.05, 0) is 38.8 Å². The molecule has 0 saturated heterocycles. The monoisotopic (exact) mass is 719 g/mol. The fourth-order valence-corrected chi connectivity index (χ4v) is 3.89. The third kappa shape index (κ3) is 6.51. The summed E-state index contributed by atoms with van der Waals surface area (Å²) < 4.78 is 28.3. The second-order valence-electron chi connectivity index (χ2n) is 5.03. The van der Waals surface area contributed by atoms with E-state index < -0.39 is 12.8 Å². The number of hydrogen-bond acceptors (Lipinski definition) is 5. The molecular weight excluding hydrogens is 697 g/mol. The normalized spacial score (nSPS) is 12.0. The molecule has 0 aromatic carbocycles. The van der Waals surface area contributed by atoms with Crippen LogP contribution < -0.4 is 4.74 Å². The molecule has 0 aliphatic heterocycles. The first-order chi connectivity index (χ1) is 10.5. The summed E-state index contributed by atoms with van der Waals surface area (Å²) in [5, 5.41) is -0.811. The standard InChI is InChI=1S/C13H22NO4P.3HI.V/c1-9-11(8-14-10(2)12(9)16-5)13(3,4)19(15,17-6)18-7;;;;/h8H,1-7H3;3*1H;/q;;;;+3/p-3. The number of ether oxygens (including phenoxy) is 1. The van der Waals surface area contributed by atoms with Gasteiger partial charge in [0.25, 0.3) is 0 Å². The summed E-state index contributed by atoms with van der Waals surface area (Å²) in [7, 11) is 1.10. The van der Waals surface area contributed by atoms with E-state index >= 15 is 0 Å². The van der Waals surface area contributed by atoms with Crippen molar-refractivity contribution in [1.82, 2.24) is 4.98 Å². The van der Waals surface area contributed by atoms with E-state index in [4.69, 9.17) is 13.8 Å². The number of methoxy groups -OCH3 is 1. The Morgan fingerprint density at radius 2 is 1.57 bits per heavy atom. The Morgan fingerprint density at radius 3 is 1.91 bits per heavy atom. The number of pyridine rings is 1. The molecule has 0 saturated carbocycles. The van der Waals surface area contributed by atoms with Gasteiger partial charge in [-0.3, -0.25) is 9.55 Å². The van der Waals surface area contributed by atoms with Crippen LogP contribution in [0.4, 0.5) is 0 Å². The molecule has 1 aromatic rings. The van der Waals surface area contributed by atoms with Crippen LogP contribution in [0.25, 0.3) is 0 Å². The van der Waals surface area contributed by atoms with Gasteiger partial charge < -0.3 is 13.8 Å². The van der Waals surface area contributed by atoms with Crippen LogP contribution in [0.15, 0.2) is 6.20 Å². The molecule has 1 heterocycles. The van der Waals surface area contributed by atoms with Gasteiger partial charge in [0.05, 0.1) is 18.0 Å². The molecule has 23 heavy (non-hydrogen) atoms.